The summed E-state index contributed by atoms with van der Waals surface area (Å²) < 4.78 is 11.8. The van der Waals surface area contributed by atoms with Gasteiger partial charge in [-0.25, -0.2) is 0 Å². The molecule has 2 rings (SSSR count). The van der Waals surface area contributed by atoms with E-state index in [4.69, 9.17) is 15.2 Å². The molecule has 6 nitrogen and oxygen atoms in total. The second-order valence-electron chi connectivity index (χ2n) is 5.70. The van der Waals surface area contributed by atoms with Crippen LogP contribution in [0.25, 0.3) is 0 Å². The fraction of sp³-hybridized carbons (Fsp3) is 0.467. The molecule has 1 heterocycles. The Kier molecular flexibility index (Phi) is 4.65. The van der Waals surface area contributed by atoms with Gasteiger partial charge in [0.05, 0.1) is 6.04 Å². The van der Waals surface area contributed by atoms with E-state index in [1.54, 1.807) is 0 Å². The van der Waals surface area contributed by atoms with E-state index >= 15 is 0 Å². The number of primary amides is 1. The maximum absolute atomic E-state index is 12.2. The van der Waals surface area contributed by atoms with Crippen molar-refractivity contribution < 1.29 is 19.1 Å². The topological polar surface area (TPSA) is 90.7 Å². The second-order valence-corrected chi connectivity index (χ2v) is 6.56. The molecule has 1 atom stereocenters. The third kappa shape index (κ3) is 3.19. The third-order valence-corrected chi connectivity index (χ3v) is 4.35. The monoisotopic (exact) mass is 370 g/mol. The van der Waals surface area contributed by atoms with Crippen LogP contribution in [0.1, 0.15) is 32.4 Å². The highest BCUT2D eigenvalue weighted by molar-refractivity contribution is 9.10. The lowest BCUT2D eigenvalue weighted by Crippen LogP contribution is -2.46. The van der Waals surface area contributed by atoms with Gasteiger partial charge in [0, 0.05) is 4.47 Å². The first kappa shape index (κ1) is 16.6. The van der Waals surface area contributed by atoms with E-state index in [2.05, 4.69) is 21.2 Å². The van der Waals surface area contributed by atoms with E-state index in [0.717, 1.165) is 10.0 Å². The number of hydrogen-bond acceptors (Lipinski definition) is 4. The highest BCUT2D eigenvalue weighted by atomic mass is 79.9. The average molecular weight is 371 g/mol. The number of amides is 2. The van der Waals surface area contributed by atoms with Crippen molar-refractivity contribution in [3.05, 3.63) is 22.2 Å². The van der Waals surface area contributed by atoms with E-state index in [-0.39, 0.29) is 6.04 Å². The second kappa shape index (κ2) is 6.16. The lowest BCUT2D eigenvalue weighted by molar-refractivity contribution is -0.139. The molecule has 0 aromatic heterocycles. The zero-order valence-electron chi connectivity index (χ0n) is 12.7. The van der Waals surface area contributed by atoms with Crippen LogP contribution in [0.3, 0.4) is 0 Å². The van der Waals surface area contributed by atoms with Gasteiger partial charge in [-0.15, -0.1) is 0 Å². The van der Waals surface area contributed by atoms with Gasteiger partial charge in [-0.1, -0.05) is 15.9 Å². The van der Waals surface area contributed by atoms with Crippen LogP contribution in [0.15, 0.2) is 16.6 Å². The predicted molar refractivity (Wildman–Crippen MR) is 84.7 cm³/mol. The van der Waals surface area contributed by atoms with Crippen LogP contribution in [0.2, 0.25) is 0 Å². The van der Waals surface area contributed by atoms with Gasteiger partial charge in [0.2, 0.25) is 11.8 Å². The minimum atomic E-state index is -1.27. The Labute approximate surface area is 137 Å². The van der Waals surface area contributed by atoms with Gasteiger partial charge in [-0.3, -0.25) is 9.59 Å². The van der Waals surface area contributed by atoms with Gasteiger partial charge in [0.15, 0.2) is 11.5 Å². The summed E-state index contributed by atoms with van der Waals surface area (Å²) in [4.78, 5) is 23.6. The zero-order chi connectivity index (χ0) is 16.5. The third-order valence-electron chi connectivity index (χ3n) is 3.66. The number of nitrogens with one attached hydrogen (secondary N) is 1. The standard InChI is InChI=1S/C15H19BrN2O4/c1-8(18-14(20)15(2,3)13(17)19)9-6-11-12(7-10(9)16)22-5-4-21-11/h6-8H,4-5H2,1-3H3,(H2,17,19)(H,18,20)/t8-/m0/s1. The van der Waals surface area contributed by atoms with Crippen molar-refractivity contribution in [2.24, 2.45) is 11.1 Å². The largest absolute Gasteiger partial charge is 0.486 e. The first-order valence-electron chi connectivity index (χ1n) is 6.93. The van der Waals surface area contributed by atoms with E-state index in [1.807, 2.05) is 19.1 Å². The fourth-order valence-electron chi connectivity index (χ4n) is 1.98. The normalized spacial score (nSPS) is 15.1. The Bertz CT molecular complexity index is 616. The molecule has 0 saturated heterocycles. The molecule has 0 spiro atoms. The molecule has 120 valence electrons. The zero-order valence-corrected chi connectivity index (χ0v) is 14.3. The van der Waals surface area contributed by atoms with Gasteiger partial charge < -0.3 is 20.5 Å². The highest BCUT2D eigenvalue weighted by Crippen LogP contribution is 2.38. The van der Waals surface area contributed by atoms with Crippen molar-refractivity contribution in [2.45, 2.75) is 26.8 Å². The van der Waals surface area contributed by atoms with Crippen LogP contribution in [0.4, 0.5) is 0 Å². The van der Waals surface area contributed by atoms with Crippen LogP contribution in [0, 0.1) is 5.41 Å². The molecule has 0 unspecified atom stereocenters. The number of rotatable bonds is 4. The Hall–Kier alpha value is -1.76. The van der Waals surface area contributed by atoms with Crippen molar-refractivity contribution >= 4 is 27.7 Å². The van der Waals surface area contributed by atoms with Crippen molar-refractivity contribution in [1.82, 2.24) is 5.32 Å². The van der Waals surface area contributed by atoms with Crippen molar-refractivity contribution in [3.8, 4) is 11.5 Å². The molecule has 1 aromatic rings. The molecule has 0 saturated carbocycles. The Morgan fingerprint density at radius 1 is 1.27 bits per heavy atom. The molecule has 1 aliphatic heterocycles. The Balaban J connectivity index is 2.21. The molecule has 1 aliphatic rings. The number of carbonyl (C=O) groups is 2. The molecular weight excluding hydrogens is 352 g/mol. The van der Waals surface area contributed by atoms with Gasteiger partial charge in [0.25, 0.3) is 0 Å². The quantitative estimate of drug-likeness (QED) is 0.792. The molecule has 22 heavy (non-hydrogen) atoms. The number of fused-ring (bicyclic) bond motifs is 1. The summed E-state index contributed by atoms with van der Waals surface area (Å²) in [6.45, 7) is 5.82. The van der Waals surface area contributed by atoms with Crippen molar-refractivity contribution in [1.29, 1.82) is 0 Å². The molecular formula is C15H19BrN2O4. The molecule has 0 aliphatic carbocycles. The van der Waals surface area contributed by atoms with Gasteiger partial charge in [-0.2, -0.15) is 0 Å². The fourth-order valence-corrected chi connectivity index (χ4v) is 2.64. The molecule has 2 amide bonds. The van der Waals surface area contributed by atoms with Crippen LogP contribution in [-0.4, -0.2) is 25.0 Å². The van der Waals surface area contributed by atoms with E-state index in [1.165, 1.54) is 13.8 Å². The summed E-state index contributed by atoms with van der Waals surface area (Å²) >= 11 is 3.47. The van der Waals surface area contributed by atoms with Crippen LogP contribution in [-0.2, 0) is 9.59 Å². The van der Waals surface area contributed by atoms with Crippen molar-refractivity contribution in [3.63, 3.8) is 0 Å². The van der Waals surface area contributed by atoms with Gasteiger partial charge in [0.1, 0.15) is 18.6 Å². The number of benzene rings is 1. The summed E-state index contributed by atoms with van der Waals surface area (Å²) in [5.74, 6) is 0.213. The number of hydrogen-bond donors (Lipinski definition) is 2. The van der Waals surface area contributed by atoms with E-state index < -0.39 is 17.2 Å². The number of ether oxygens (including phenoxy) is 2. The first-order valence-corrected chi connectivity index (χ1v) is 7.72. The highest BCUT2D eigenvalue weighted by Gasteiger charge is 2.35. The Morgan fingerprint density at radius 2 is 1.82 bits per heavy atom. The maximum Gasteiger partial charge on any atom is 0.235 e. The minimum Gasteiger partial charge on any atom is -0.486 e. The van der Waals surface area contributed by atoms with Crippen LogP contribution >= 0.6 is 15.9 Å². The molecule has 1 aromatic carbocycles. The van der Waals surface area contributed by atoms with Crippen molar-refractivity contribution in [2.75, 3.05) is 13.2 Å². The number of nitrogens with two attached hydrogens (primary N) is 1. The molecule has 0 radical (unpaired) electrons. The molecule has 0 fully saturated rings. The van der Waals surface area contributed by atoms with E-state index in [0.29, 0.717) is 24.7 Å². The van der Waals surface area contributed by atoms with Gasteiger partial charge >= 0.3 is 0 Å². The molecule has 0 bridgehead atoms. The van der Waals surface area contributed by atoms with Gasteiger partial charge in [-0.05, 0) is 38.5 Å². The smallest absolute Gasteiger partial charge is 0.235 e. The predicted octanol–water partition coefficient (Wildman–Crippen LogP) is 1.91. The lowest BCUT2D eigenvalue weighted by atomic mass is 9.91. The summed E-state index contributed by atoms with van der Waals surface area (Å²) in [6.07, 6.45) is 0. The molecule has 7 heteroatoms. The summed E-state index contributed by atoms with van der Waals surface area (Å²) in [7, 11) is 0. The van der Waals surface area contributed by atoms with Crippen LogP contribution in [0.5, 0.6) is 11.5 Å². The SMILES string of the molecule is C[C@H](NC(=O)C(C)(C)C(N)=O)c1cc2c(cc1Br)OCCO2. The summed E-state index contributed by atoms with van der Waals surface area (Å²) in [5.41, 5.74) is 4.82. The number of carbonyl (C=O) groups excluding carboxylic acids is 2. The lowest BCUT2D eigenvalue weighted by Gasteiger charge is -2.25. The number of halogens is 1. The minimum absolute atomic E-state index is 0.323. The van der Waals surface area contributed by atoms with Crippen LogP contribution < -0.4 is 20.5 Å². The summed E-state index contributed by atoms with van der Waals surface area (Å²) in [5, 5.41) is 2.80. The maximum atomic E-state index is 12.2. The average Bonchev–Trinajstić information content (AvgIpc) is 2.45. The summed E-state index contributed by atoms with van der Waals surface area (Å²) in [6, 6.07) is 3.31. The first-order chi connectivity index (χ1) is 10.2. The van der Waals surface area contributed by atoms with E-state index in [9.17, 15) is 9.59 Å². The molecule has 3 N–H and O–H groups in total. The Morgan fingerprint density at radius 3 is 2.36 bits per heavy atom.